The van der Waals surface area contributed by atoms with E-state index in [2.05, 4.69) is 0 Å². The Morgan fingerprint density at radius 2 is 1.52 bits per heavy atom. The van der Waals surface area contributed by atoms with E-state index in [0.29, 0.717) is 16.3 Å². The smallest absolute Gasteiger partial charge is 0.266 e. The Morgan fingerprint density at radius 3 is 2.14 bits per heavy atom. The Balaban J connectivity index is 1.95. The van der Waals surface area contributed by atoms with Crippen molar-refractivity contribution in [3.8, 4) is 0 Å². The van der Waals surface area contributed by atoms with Crippen LogP contribution in [0.3, 0.4) is 0 Å². The highest BCUT2D eigenvalue weighted by Crippen LogP contribution is 2.29. The lowest BCUT2D eigenvalue weighted by Crippen LogP contribution is -2.30. The molecule has 0 aromatic heterocycles. The summed E-state index contributed by atoms with van der Waals surface area (Å²) in [4.78, 5) is 25.8. The minimum Gasteiger partial charge on any atom is -0.269 e. The fourth-order valence-electron chi connectivity index (χ4n) is 2.24. The van der Waals surface area contributed by atoms with Crippen molar-refractivity contribution in [1.29, 1.82) is 0 Å². The van der Waals surface area contributed by atoms with Gasteiger partial charge in [-0.2, -0.15) is 0 Å². The molecule has 0 bridgehead atoms. The Hall–Kier alpha value is -2.39. The quantitative estimate of drug-likeness (QED) is 0.794. The van der Waals surface area contributed by atoms with E-state index in [1.165, 1.54) is 6.08 Å². The van der Waals surface area contributed by atoms with Crippen LogP contribution in [0.4, 0.5) is 5.69 Å². The van der Waals surface area contributed by atoms with E-state index in [1.54, 1.807) is 24.3 Å². The fraction of sp³-hybridized carbons (Fsp3) is 0.0588. The molecule has 1 aliphatic heterocycles. The van der Waals surface area contributed by atoms with Gasteiger partial charge in [-0.25, -0.2) is 4.90 Å². The van der Waals surface area contributed by atoms with Crippen molar-refractivity contribution in [2.24, 2.45) is 0 Å². The first-order chi connectivity index (χ1) is 10.1. The molecule has 0 radical (unpaired) electrons. The minimum absolute atomic E-state index is 0.314. The molecule has 2 aromatic rings. The summed E-state index contributed by atoms with van der Waals surface area (Å²) in [7, 11) is 0. The zero-order valence-electron chi connectivity index (χ0n) is 11.3. The van der Waals surface area contributed by atoms with Crippen LogP contribution in [0.25, 0.3) is 5.57 Å². The SMILES string of the molecule is Cc1ccc(C2=CC(=O)N(c3ccc(Cl)cc3)C2=O)cc1. The maximum atomic E-state index is 12.5. The van der Waals surface area contributed by atoms with Gasteiger partial charge >= 0.3 is 0 Å². The molecule has 0 unspecified atom stereocenters. The van der Waals surface area contributed by atoms with Crippen LogP contribution in [0.5, 0.6) is 0 Å². The number of amides is 2. The Morgan fingerprint density at radius 1 is 0.905 bits per heavy atom. The number of aryl methyl sites for hydroxylation is 1. The van der Waals surface area contributed by atoms with Gasteiger partial charge in [0.2, 0.25) is 0 Å². The third-order valence-corrected chi connectivity index (χ3v) is 3.62. The highest BCUT2D eigenvalue weighted by molar-refractivity contribution is 6.43. The summed E-state index contributed by atoms with van der Waals surface area (Å²) < 4.78 is 0. The second kappa shape index (κ2) is 5.19. The molecule has 2 aromatic carbocycles. The number of carbonyl (C=O) groups is 2. The van der Waals surface area contributed by atoms with Crippen molar-refractivity contribution in [3.63, 3.8) is 0 Å². The largest absolute Gasteiger partial charge is 0.269 e. The molecule has 3 rings (SSSR count). The predicted octanol–water partition coefficient (Wildman–Crippen LogP) is 3.61. The van der Waals surface area contributed by atoms with Crippen LogP contribution in [-0.2, 0) is 9.59 Å². The monoisotopic (exact) mass is 297 g/mol. The molecular weight excluding hydrogens is 286 g/mol. The molecule has 21 heavy (non-hydrogen) atoms. The number of anilines is 1. The van der Waals surface area contributed by atoms with Crippen LogP contribution < -0.4 is 4.90 Å². The molecule has 1 aliphatic rings. The third-order valence-electron chi connectivity index (χ3n) is 3.37. The number of benzene rings is 2. The normalized spacial score (nSPS) is 14.6. The van der Waals surface area contributed by atoms with E-state index >= 15 is 0 Å². The van der Waals surface area contributed by atoms with Crippen molar-refractivity contribution in [1.82, 2.24) is 0 Å². The maximum Gasteiger partial charge on any atom is 0.266 e. The van der Waals surface area contributed by atoms with Crippen LogP contribution in [0.15, 0.2) is 54.6 Å². The van der Waals surface area contributed by atoms with Crippen molar-refractivity contribution in [2.75, 3.05) is 4.90 Å². The Labute approximate surface area is 127 Å². The number of rotatable bonds is 2. The van der Waals surface area contributed by atoms with Crippen LogP contribution >= 0.6 is 11.6 Å². The molecular formula is C17H12ClNO2. The van der Waals surface area contributed by atoms with Gasteiger partial charge in [0.25, 0.3) is 11.8 Å². The molecule has 0 saturated carbocycles. The minimum atomic E-state index is -0.335. The van der Waals surface area contributed by atoms with Gasteiger partial charge in [-0.15, -0.1) is 0 Å². The molecule has 4 heteroatoms. The average molecular weight is 298 g/mol. The van der Waals surface area contributed by atoms with Crippen molar-refractivity contribution in [2.45, 2.75) is 6.92 Å². The van der Waals surface area contributed by atoms with Crippen LogP contribution in [0, 0.1) is 6.92 Å². The van der Waals surface area contributed by atoms with E-state index in [1.807, 2.05) is 31.2 Å². The molecule has 0 N–H and O–H groups in total. The number of halogens is 1. The van der Waals surface area contributed by atoms with Crippen LogP contribution in [0.2, 0.25) is 5.02 Å². The summed E-state index contributed by atoms with van der Waals surface area (Å²) >= 11 is 5.83. The predicted molar refractivity (Wildman–Crippen MR) is 83.1 cm³/mol. The standard InChI is InChI=1S/C17H12ClNO2/c1-11-2-4-12(5-3-11)15-10-16(20)19(17(15)21)14-8-6-13(18)7-9-14/h2-10H,1H3. The first-order valence-electron chi connectivity index (χ1n) is 6.49. The molecule has 0 fully saturated rings. The summed E-state index contributed by atoms with van der Waals surface area (Å²) in [6.07, 6.45) is 1.38. The fourth-order valence-corrected chi connectivity index (χ4v) is 2.37. The van der Waals surface area contributed by atoms with Gasteiger partial charge < -0.3 is 0 Å². The highest BCUT2D eigenvalue weighted by atomic mass is 35.5. The van der Waals surface area contributed by atoms with Gasteiger partial charge in [0.05, 0.1) is 11.3 Å². The first-order valence-corrected chi connectivity index (χ1v) is 6.87. The lowest BCUT2D eigenvalue weighted by Gasteiger charge is -2.15. The van der Waals surface area contributed by atoms with E-state index in [-0.39, 0.29) is 11.8 Å². The van der Waals surface area contributed by atoms with Crippen molar-refractivity contribution < 1.29 is 9.59 Å². The second-order valence-electron chi connectivity index (χ2n) is 4.88. The Kier molecular flexibility index (Phi) is 3.35. The van der Waals surface area contributed by atoms with Gasteiger partial charge in [0.1, 0.15) is 0 Å². The maximum absolute atomic E-state index is 12.5. The number of carbonyl (C=O) groups excluding carboxylic acids is 2. The van der Waals surface area contributed by atoms with Crippen molar-refractivity contribution >= 4 is 34.7 Å². The van der Waals surface area contributed by atoms with Crippen LogP contribution in [0.1, 0.15) is 11.1 Å². The van der Waals surface area contributed by atoms with Gasteiger partial charge in [-0.3, -0.25) is 9.59 Å². The third kappa shape index (κ3) is 2.48. The summed E-state index contributed by atoms with van der Waals surface area (Å²) in [5.74, 6) is -0.649. The van der Waals surface area contributed by atoms with E-state index in [9.17, 15) is 9.59 Å². The molecule has 0 spiro atoms. The van der Waals surface area contributed by atoms with Crippen molar-refractivity contribution in [3.05, 3.63) is 70.8 Å². The van der Waals surface area contributed by atoms with E-state index in [0.717, 1.165) is 16.0 Å². The topological polar surface area (TPSA) is 37.4 Å². The van der Waals surface area contributed by atoms with Gasteiger partial charge in [-0.1, -0.05) is 41.4 Å². The summed E-state index contributed by atoms with van der Waals surface area (Å²) in [6.45, 7) is 1.97. The van der Waals surface area contributed by atoms with E-state index < -0.39 is 0 Å². The Bertz CT molecular complexity index is 745. The number of hydrogen-bond donors (Lipinski definition) is 0. The van der Waals surface area contributed by atoms with Crippen LogP contribution in [-0.4, -0.2) is 11.8 Å². The second-order valence-corrected chi connectivity index (χ2v) is 5.32. The first kappa shape index (κ1) is 13.6. The average Bonchev–Trinajstić information content (AvgIpc) is 2.76. The highest BCUT2D eigenvalue weighted by Gasteiger charge is 2.32. The van der Waals surface area contributed by atoms with Gasteiger partial charge in [0, 0.05) is 11.1 Å². The molecule has 3 nitrogen and oxygen atoms in total. The molecule has 2 amide bonds. The van der Waals surface area contributed by atoms with Gasteiger partial charge in [0.15, 0.2) is 0 Å². The summed E-state index contributed by atoms with van der Waals surface area (Å²) in [5, 5.41) is 0.560. The molecule has 104 valence electrons. The molecule has 0 atom stereocenters. The molecule has 1 heterocycles. The zero-order chi connectivity index (χ0) is 15.0. The summed E-state index contributed by atoms with van der Waals surface area (Å²) in [5.41, 5.74) is 2.78. The lowest BCUT2D eigenvalue weighted by molar-refractivity contribution is -0.119. The molecule has 0 saturated heterocycles. The number of imide groups is 1. The van der Waals surface area contributed by atoms with E-state index in [4.69, 9.17) is 11.6 Å². The van der Waals surface area contributed by atoms with Gasteiger partial charge in [-0.05, 0) is 36.8 Å². The number of nitrogens with zero attached hydrogens (tertiary/aromatic N) is 1. The zero-order valence-corrected chi connectivity index (χ0v) is 12.1. The number of hydrogen-bond acceptors (Lipinski definition) is 2. The lowest BCUT2D eigenvalue weighted by atomic mass is 10.0. The summed E-state index contributed by atoms with van der Waals surface area (Å²) in [6, 6.07) is 14.1. The molecule has 0 aliphatic carbocycles.